The van der Waals surface area contributed by atoms with Gasteiger partial charge in [0.25, 0.3) is 0 Å². The van der Waals surface area contributed by atoms with Gasteiger partial charge in [-0.2, -0.15) is 0 Å². The molecule has 0 aliphatic carbocycles. The molecular formula is C13H26N2O2. The number of rotatable bonds is 3. The number of aliphatic hydroxyl groups is 1. The number of likely N-dealkylation sites (N-methyl/N-ethyl adjacent to an activating group) is 1. The van der Waals surface area contributed by atoms with Gasteiger partial charge in [-0.3, -0.25) is 9.80 Å². The number of nitrogens with zero attached hydrogens (tertiary/aromatic N) is 2. The molecule has 0 radical (unpaired) electrons. The number of aliphatic hydroxyl groups excluding tert-OH is 1. The van der Waals surface area contributed by atoms with E-state index in [1.165, 1.54) is 0 Å². The molecule has 0 saturated carbocycles. The molecule has 2 rings (SSSR count). The highest BCUT2D eigenvalue weighted by Crippen LogP contribution is 2.19. The first-order chi connectivity index (χ1) is 8.08. The van der Waals surface area contributed by atoms with Crippen molar-refractivity contribution in [3.63, 3.8) is 0 Å². The van der Waals surface area contributed by atoms with Gasteiger partial charge in [0.15, 0.2) is 0 Å². The van der Waals surface area contributed by atoms with E-state index in [9.17, 15) is 5.11 Å². The van der Waals surface area contributed by atoms with Gasteiger partial charge in [0, 0.05) is 44.2 Å². The van der Waals surface area contributed by atoms with Crippen molar-refractivity contribution < 1.29 is 9.84 Å². The van der Waals surface area contributed by atoms with E-state index in [1.54, 1.807) is 0 Å². The van der Waals surface area contributed by atoms with E-state index >= 15 is 0 Å². The SMILES string of the molecule is CC1CN(CC(O)C2CCOC2)CC(C)N1C. The number of ether oxygens (including phenoxy) is 1. The Morgan fingerprint density at radius 1 is 1.29 bits per heavy atom. The van der Waals surface area contributed by atoms with Crippen molar-refractivity contribution in [1.29, 1.82) is 0 Å². The summed E-state index contributed by atoms with van der Waals surface area (Å²) in [6, 6.07) is 1.15. The third-order valence-corrected chi connectivity index (χ3v) is 4.39. The molecule has 0 aromatic rings. The lowest BCUT2D eigenvalue weighted by Crippen LogP contribution is -2.56. The van der Waals surface area contributed by atoms with Crippen molar-refractivity contribution in [3.8, 4) is 0 Å². The van der Waals surface area contributed by atoms with Crippen LogP contribution in [0.3, 0.4) is 0 Å². The molecule has 17 heavy (non-hydrogen) atoms. The van der Waals surface area contributed by atoms with Gasteiger partial charge < -0.3 is 9.84 Å². The molecule has 0 aromatic heterocycles. The molecule has 0 aromatic carbocycles. The maximum absolute atomic E-state index is 10.2. The molecular weight excluding hydrogens is 216 g/mol. The fraction of sp³-hybridized carbons (Fsp3) is 1.00. The van der Waals surface area contributed by atoms with Gasteiger partial charge in [0.1, 0.15) is 0 Å². The maximum Gasteiger partial charge on any atom is 0.0718 e. The second-order valence-electron chi connectivity index (χ2n) is 5.77. The van der Waals surface area contributed by atoms with Crippen LogP contribution < -0.4 is 0 Å². The van der Waals surface area contributed by atoms with E-state index in [2.05, 4.69) is 30.7 Å². The Hall–Kier alpha value is -0.160. The molecule has 2 aliphatic rings. The molecule has 4 nitrogen and oxygen atoms in total. The van der Waals surface area contributed by atoms with Crippen LogP contribution in [0.1, 0.15) is 20.3 Å². The molecule has 0 bridgehead atoms. The Kier molecular flexibility index (Phi) is 4.42. The van der Waals surface area contributed by atoms with Crippen molar-refractivity contribution in [3.05, 3.63) is 0 Å². The molecule has 2 saturated heterocycles. The zero-order valence-electron chi connectivity index (χ0n) is 11.3. The molecule has 1 N–H and O–H groups in total. The number of piperazine rings is 1. The molecule has 4 atom stereocenters. The molecule has 4 unspecified atom stereocenters. The minimum absolute atomic E-state index is 0.222. The van der Waals surface area contributed by atoms with Gasteiger partial charge in [-0.05, 0) is 27.3 Å². The summed E-state index contributed by atoms with van der Waals surface area (Å²) in [5.74, 6) is 0.347. The van der Waals surface area contributed by atoms with E-state index in [0.29, 0.717) is 18.0 Å². The van der Waals surface area contributed by atoms with E-state index < -0.39 is 0 Å². The Bertz CT molecular complexity index is 232. The summed E-state index contributed by atoms with van der Waals surface area (Å²) in [7, 11) is 2.19. The summed E-state index contributed by atoms with van der Waals surface area (Å²) in [5.41, 5.74) is 0. The number of hydrogen-bond acceptors (Lipinski definition) is 4. The Balaban J connectivity index is 1.82. The average Bonchev–Trinajstić information content (AvgIpc) is 2.79. The predicted molar refractivity (Wildman–Crippen MR) is 68.1 cm³/mol. The third kappa shape index (κ3) is 3.19. The number of β-amino-alcohol motifs (C(OH)–C–C–N with tert-alkyl or cyclic N) is 1. The summed E-state index contributed by atoms with van der Waals surface area (Å²) in [4.78, 5) is 4.82. The van der Waals surface area contributed by atoms with Crippen molar-refractivity contribution in [2.24, 2.45) is 5.92 Å². The van der Waals surface area contributed by atoms with Crippen LogP contribution in [-0.2, 0) is 4.74 Å². The summed E-state index contributed by atoms with van der Waals surface area (Å²) >= 11 is 0. The second-order valence-corrected chi connectivity index (χ2v) is 5.77. The first kappa shape index (κ1) is 13.3. The molecule has 0 amide bonds. The third-order valence-electron chi connectivity index (χ3n) is 4.39. The average molecular weight is 242 g/mol. The van der Waals surface area contributed by atoms with Crippen LogP contribution in [0, 0.1) is 5.92 Å². The van der Waals surface area contributed by atoms with E-state index in [-0.39, 0.29) is 6.10 Å². The van der Waals surface area contributed by atoms with Crippen molar-refractivity contribution >= 4 is 0 Å². The lowest BCUT2D eigenvalue weighted by molar-refractivity contribution is 0.00857. The summed E-state index contributed by atoms with van der Waals surface area (Å²) in [6.07, 6.45) is 0.792. The molecule has 2 fully saturated rings. The first-order valence-electron chi connectivity index (χ1n) is 6.78. The van der Waals surface area contributed by atoms with Crippen LogP contribution in [0.4, 0.5) is 0 Å². The first-order valence-corrected chi connectivity index (χ1v) is 6.78. The van der Waals surface area contributed by atoms with Crippen molar-refractivity contribution in [2.75, 3.05) is 39.9 Å². The lowest BCUT2D eigenvalue weighted by Gasteiger charge is -2.43. The largest absolute Gasteiger partial charge is 0.391 e. The van der Waals surface area contributed by atoms with Crippen LogP contribution in [-0.4, -0.2) is 73.0 Å². The maximum atomic E-state index is 10.2. The standard InChI is InChI=1S/C13H26N2O2/c1-10-6-15(7-11(2)14(10)3)8-13(16)12-4-5-17-9-12/h10-13,16H,4-9H2,1-3H3. The highest BCUT2D eigenvalue weighted by molar-refractivity contribution is 4.85. The highest BCUT2D eigenvalue weighted by atomic mass is 16.5. The molecule has 100 valence electrons. The zero-order valence-corrected chi connectivity index (χ0v) is 11.3. The van der Waals surface area contributed by atoms with Gasteiger partial charge in [0.2, 0.25) is 0 Å². The predicted octanol–water partition coefficient (Wildman–Crippen LogP) is 0.408. The molecule has 2 heterocycles. The topological polar surface area (TPSA) is 35.9 Å². The fourth-order valence-corrected chi connectivity index (χ4v) is 2.93. The minimum atomic E-state index is -0.222. The van der Waals surface area contributed by atoms with E-state index in [4.69, 9.17) is 4.74 Å². The monoisotopic (exact) mass is 242 g/mol. The van der Waals surface area contributed by atoms with Gasteiger partial charge in [-0.25, -0.2) is 0 Å². The quantitative estimate of drug-likeness (QED) is 0.777. The van der Waals surface area contributed by atoms with E-state index in [1.807, 2.05) is 0 Å². The van der Waals surface area contributed by atoms with Crippen LogP contribution in [0.15, 0.2) is 0 Å². The molecule has 0 spiro atoms. The Morgan fingerprint density at radius 3 is 2.47 bits per heavy atom. The lowest BCUT2D eigenvalue weighted by atomic mass is 10.00. The fourth-order valence-electron chi connectivity index (χ4n) is 2.93. The zero-order chi connectivity index (χ0) is 12.4. The molecule has 2 aliphatic heterocycles. The van der Waals surface area contributed by atoms with Crippen LogP contribution >= 0.6 is 0 Å². The van der Waals surface area contributed by atoms with Crippen molar-refractivity contribution in [2.45, 2.75) is 38.5 Å². The van der Waals surface area contributed by atoms with E-state index in [0.717, 1.165) is 39.3 Å². The Labute approximate surface area is 105 Å². The molecule has 4 heteroatoms. The van der Waals surface area contributed by atoms with Gasteiger partial charge in [0.05, 0.1) is 12.7 Å². The van der Waals surface area contributed by atoms with Gasteiger partial charge >= 0.3 is 0 Å². The van der Waals surface area contributed by atoms with Gasteiger partial charge in [-0.15, -0.1) is 0 Å². The summed E-state index contributed by atoms with van der Waals surface area (Å²) in [5, 5.41) is 10.2. The van der Waals surface area contributed by atoms with Crippen LogP contribution in [0.25, 0.3) is 0 Å². The van der Waals surface area contributed by atoms with Gasteiger partial charge in [-0.1, -0.05) is 0 Å². The number of hydrogen-bond donors (Lipinski definition) is 1. The van der Waals surface area contributed by atoms with Crippen LogP contribution in [0.2, 0.25) is 0 Å². The normalized spacial score (nSPS) is 38.5. The second kappa shape index (κ2) is 5.65. The minimum Gasteiger partial charge on any atom is -0.391 e. The highest BCUT2D eigenvalue weighted by Gasteiger charge is 2.30. The smallest absolute Gasteiger partial charge is 0.0718 e. The van der Waals surface area contributed by atoms with Crippen LogP contribution in [0.5, 0.6) is 0 Å². The van der Waals surface area contributed by atoms with Crippen molar-refractivity contribution in [1.82, 2.24) is 9.80 Å². The summed E-state index contributed by atoms with van der Waals surface area (Å²) in [6.45, 7) is 8.99. The summed E-state index contributed by atoms with van der Waals surface area (Å²) < 4.78 is 5.34. The Morgan fingerprint density at radius 2 is 1.94 bits per heavy atom.